The highest BCUT2D eigenvalue weighted by atomic mass is 79.9. The zero-order valence-electron chi connectivity index (χ0n) is 9.50. The number of hydrogen-bond acceptors (Lipinski definition) is 2. The maximum absolute atomic E-state index is 5.26. The van der Waals surface area contributed by atoms with E-state index in [1.54, 1.807) is 0 Å². The Labute approximate surface area is 101 Å². The van der Waals surface area contributed by atoms with Crippen molar-refractivity contribution in [3.8, 4) is 0 Å². The summed E-state index contributed by atoms with van der Waals surface area (Å²) in [5, 5.41) is 0. The molecule has 0 spiro atoms. The van der Waals surface area contributed by atoms with Gasteiger partial charge in [0.25, 0.3) is 0 Å². The van der Waals surface area contributed by atoms with Gasteiger partial charge in [0.15, 0.2) is 0 Å². The molecule has 0 saturated heterocycles. The van der Waals surface area contributed by atoms with Gasteiger partial charge in [0.1, 0.15) is 0 Å². The Balaban J connectivity index is -0.0000000332. The van der Waals surface area contributed by atoms with Crippen LogP contribution in [0.25, 0.3) is 0 Å². The fourth-order valence-corrected chi connectivity index (χ4v) is 0.440. The van der Waals surface area contributed by atoms with Crippen LogP contribution >= 0.6 is 17.0 Å². The van der Waals surface area contributed by atoms with Crippen molar-refractivity contribution >= 4 is 17.0 Å². The monoisotopic (exact) mass is 266 g/mol. The van der Waals surface area contributed by atoms with Crippen LogP contribution in [0.4, 0.5) is 0 Å². The Morgan fingerprint density at radius 1 is 0.929 bits per heavy atom. The van der Waals surface area contributed by atoms with Crippen molar-refractivity contribution in [1.29, 1.82) is 0 Å². The predicted molar refractivity (Wildman–Crippen MR) is 75.8 cm³/mol. The Hall–Kier alpha value is -0.380. The van der Waals surface area contributed by atoms with Crippen LogP contribution in [0.1, 0.15) is 26.2 Å². The number of unbranched alkanes of at least 4 members (excludes halogenated alkanes) is 1. The van der Waals surface area contributed by atoms with Gasteiger partial charge < -0.3 is 11.5 Å². The first-order valence-electron chi connectivity index (χ1n) is 4.28. The summed E-state index contributed by atoms with van der Waals surface area (Å²) in [6.45, 7) is 20.1. The lowest BCUT2D eigenvalue weighted by molar-refractivity contribution is 0.595. The summed E-state index contributed by atoms with van der Waals surface area (Å²) in [5.74, 6) is 0. The van der Waals surface area contributed by atoms with Crippen molar-refractivity contribution in [1.82, 2.24) is 0 Å². The Morgan fingerprint density at radius 3 is 1.29 bits per heavy atom. The van der Waals surface area contributed by atoms with Gasteiger partial charge in [-0.2, -0.15) is 0 Å². The van der Waals surface area contributed by atoms with E-state index in [1.165, 1.54) is 6.42 Å². The maximum atomic E-state index is 5.26. The van der Waals surface area contributed by atoms with Crippen LogP contribution in [0.15, 0.2) is 39.5 Å². The number of hydrogen-bond donors (Lipinski definition) is 2. The van der Waals surface area contributed by atoms with Crippen LogP contribution in [-0.2, 0) is 0 Å². The van der Waals surface area contributed by atoms with E-state index in [9.17, 15) is 0 Å². The number of rotatable bonds is 3. The third kappa shape index (κ3) is 100. The second kappa shape index (κ2) is 54.0. The minimum Gasteiger partial charge on any atom is -0.316 e. The fourth-order valence-electron chi connectivity index (χ4n) is 0.440. The van der Waals surface area contributed by atoms with Crippen molar-refractivity contribution in [3.63, 3.8) is 0 Å². The molecule has 0 aromatic heterocycles. The lowest BCUT2D eigenvalue weighted by Gasteiger charge is -2.00. The SMILES string of the molecule is Br.C=C.C=C.C=C.CCCCC(N)N. The molecule has 0 rings (SSSR count). The molecule has 88 valence electrons. The molecule has 0 atom stereocenters. The first-order valence-corrected chi connectivity index (χ1v) is 4.28. The second-order valence-corrected chi connectivity index (χ2v) is 1.81. The maximum Gasteiger partial charge on any atom is 0.0520 e. The van der Waals surface area contributed by atoms with Crippen LogP contribution in [0.2, 0.25) is 0 Å². The summed E-state index contributed by atoms with van der Waals surface area (Å²) >= 11 is 0. The molecule has 14 heavy (non-hydrogen) atoms. The normalized spacial score (nSPS) is 6.00. The van der Waals surface area contributed by atoms with Gasteiger partial charge in [-0.3, -0.25) is 0 Å². The number of halogens is 1. The highest BCUT2D eigenvalue weighted by Crippen LogP contribution is 1.91. The third-order valence-electron chi connectivity index (χ3n) is 0.891. The predicted octanol–water partition coefficient (Wildman–Crippen LogP) is 3.40. The average molecular weight is 267 g/mol. The van der Waals surface area contributed by atoms with E-state index in [-0.39, 0.29) is 23.1 Å². The van der Waals surface area contributed by atoms with Crippen molar-refractivity contribution in [2.24, 2.45) is 11.5 Å². The Morgan fingerprint density at radius 2 is 1.21 bits per heavy atom. The lowest BCUT2D eigenvalue weighted by atomic mass is 10.2. The first kappa shape index (κ1) is 29.2. The van der Waals surface area contributed by atoms with E-state index in [4.69, 9.17) is 11.5 Å². The van der Waals surface area contributed by atoms with Crippen LogP contribution in [0.3, 0.4) is 0 Å². The molecule has 4 N–H and O–H groups in total. The molecule has 0 aliphatic carbocycles. The molecule has 0 unspecified atom stereocenters. The van der Waals surface area contributed by atoms with Gasteiger partial charge >= 0.3 is 0 Å². The van der Waals surface area contributed by atoms with E-state index in [0.29, 0.717) is 0 Å². The zero-order chi connectivity index (χ0) is 11.7. The van der Waals surface area contributed by atoms with E-state index in [0.717, 1.165) is 12.8 Å². The van der Waals surface area contributed by atoms with Gasteiger partial charge in [0.05, 0.1) is 6.17 Å². The minimum atomic E-state index is -0.0973. The van der Waals surface area contributed by atoms with Gasteiger partial charge in [-0.1, -0.05) is 19.8 Å². The Kier molecular flexibility index (Phi) is 112. The van der Waals surface area contributed by atoms with Crippen molar-refractivity contribution in [3.05, 3.63) is 39.5 Å². The van der Waals surface area contributed by atoms with E-state index < -0.39 is 0 Å². The second-order valence-electron chi connectivity index (χ2n) is 1.81. The summed E-state index contributed by atoms with van der Waals surface area (Å²) in [5.41, 5.74) is 10.5. The molecule has 0 aromatic carbocycles. The smallest absolute Gasteiger partial charge is 0.0520 e. The van der Waals surface area contributed by atoms with Crippen LogP contribution in [0.5, 0.6) is 0 Å². The molecule has 0 amide bonds. The number of nitrogens with two attached hydrogens (primary N) is 2. The molecule has 0 fully saturated rings. The summed E-state index contributed by atoms with van der Waals surface area (Å²) in [4.78, 5) is 0. The molecule has 3 heteroatoms. The molecular formula is C11H27BrN2. The molecule has 0 aliphatic heterocycles. The molecule has 2 nitrogen and oxygen atoms in total. The van der Waals surface area contributed by atoms with Gasteiger partial charge in [-0.25, -0.2) is 0 Å². The van der Waals surface area contributed by atoms with Crippen molar-refractivity contribution < 1.29 is 0 Å². The van der Waals surface area contributed by atoms with Crippen molar-refractivity contribution in [2.75, 3.05) is 0 Å². The molecule has 0 aromatic rings. The van der Waals surface area contributed by atoms with E-state index in [2.05, 4.69) is 46.4 Å². The van der Waals surface area contributed by atoms with Gasteiger partial charge in [0, 0.05) is 0 Å². The first-order chi connectivity index (χ1) is 6.27. The van der Waals surface area contributed by atoms with Crippen LogP contribution in [-0.4, -0.2) is 6.17 Å². The summed E-state index contributed by atoms with van der Waals surface area (Å²) in [6.07, 6.45) is 3.19. The summed E-state index contributed by atoms with van der Waals surface area (Å²) < 4.78 is 0. The molecule has 0 bridgehead atoms. The third-order valence-corrected chi connectivity index (χ3v) is 0.891. The molecule has 0 heterocycles. The Bertz CT molecular complexity index is 63.6. The largest absolute Gasteiger partial charge is 0.316 e. The topological polar surface area (TPSA) is 52.0 Å². The van der Waals surface area contributed by atoms with E-state index in [1.807, 2.05) is 0 Å². The standard InChI is InChI=1S/C5H14N2.3C2H4.BrH/c1-2-3-4-5(6)7;3*1-2;/h5H,2-4,6-7H2,1H3;3*1-2H2;1H. The highest BCUT2D eigenvalue weighted by Gasteiger charge is 1.88. The fraction of sp³-hybridized carbons (Fsp3) is 0.455. The zero-order valence-corrected chi connectivity index (χ0v) is 11.2. The van der Waals surface area contributed by atoms with Gasteiger partial charge in [-0.05, 0) is 6.42 Å². The lowest BCUT2D eigenvalue weighted by Crippen LogP contribution is -2.29. The van der Waals surface area contributed by atoms with Gasteiger partial charge in [-0.15, -0.1) is 56.5 Å². The quantitative estimate of drug-likeness (QED) is 0.608. The molecule has 0 saturated carbocycles. The van der Waals surface area contributed by atoms with E-state index >= 15 is 0 Å². The summed E-state index contributed by atoms with van der Waals surface area (Å²) in [6, 6.07) is 0. The molecule has 0 aliphatic rings. The van der Waals surface area contributed by atoms with Crippen molar-refractivity contribution in [2.45, 2.75) is 32.4 Å². The minimum absolute atomic E-state index is 0. The molecular weight excluding hydrogens is 240 g/mol. The highest BCUT2D eigenvalue weighted by molar-refractivity contribution is 8.93. The molecule has 0 radical (unpaired) electrons. The summed E-state index contributed by atoms with van der Waals surface area (Å²) in [7, 11) is 0. The average Bonchev–Trinajstić information content (AvgIpc) is 2.24. The van der Waals surface area contributed by atoms with Gasteiger partial charge in [0.2, 0.25) is 0 Å². The van der Waals surface area contributed by atoms with Crippen LogP contribution < -0.4 is 11.5 Å². The van der Waals surface area contributed by atoms with Crippen LogP contribution in [0, 0.1) is 0 Å².